The molecule has 1 aliphatic rings. The summed E-state index contributed by atoms with van der Waals surface area (Å²) < 4.78 is 14.1. The van der Waals surface area contributed by atoms with Gasteiger partial charge in [0.15, 0.2) is 0 Å². The second kappa shape index (κ2) is 7.02. The molecule has 2 aromatic heterocycles. The highest BCUT2D eigenvalue weighted by molar-refractivity contribution is 5.95. The Labute approximate surface area is 172 Å². The molecule has 7 nitrogen and oxygen atoms in total. The van der Waals surface area contributed by atoms with Crippen molar-refractivity contribution in [3.05, 3.63) is 68.8 Å². The van der Waals surface area contributed by atoms with E-state index in [4.69, 9.17) is 5.26 Å². The minimum Gasteiger partial charge on any atom is -0.346 e. The van der Waals surface area contributed by atoms with Crippen molar-refractivity contribution in [3.63, 3.8) is 0 Å². The molecular formula is C22H20FN5O2. The number of hydrogen-bond donors (Lipinski definition) is 2. The first kappa shape index (κ1) is 19.7. The van der Waals surface area contributed by atoms with Gasteiger partial charge in [-0.1, -0.05) is 0 Å². The number of aromatic nitrogens is 3. The highest BCUT2D eigenvalue weighted by atomic mass is 19.1. The Balaban J connectivity index is 1.71. The number of amides is 1. The van der Waals surface area contributed by atoms with Gasteiger partial charge in [0, 0.05) is 28.9 Å². The quantitative estimate of drug-likeness (QED) is 0.693. The van der Waals surface area contributed by atoms with Crippen LogP contribution in [0.1, 0.15) is 53.9 Å². The summed E-state index contributed by atoms with van der Waals surface area (Å²) in [7, 11) is 0. The van der Waals surface area contributed by atoms with Crippen LogP contribution in [0.15, 0.2) is 29.3 Å². The van der Waals surface area contributed by atoms with Gasteiger partial charge in [-0.15, -0.1) is 0 Å². The maximum absolute atomic E-state index is 14.1. The molecule has 30 heavy (non-hydrogen) atoms. The number of carbonyl (C=O) groups is 1. The Bertz CT molecular complexity index is 1270. The first-order chi connectivity index (χ1) is 14.3. The number of carbonyl (C=O) groups excluding carboxylic acids is 1. The molecule has 0 saturated heterocycles. The Morgan fingerprint density at radius 1 is 1.27 bits per heavy atom. The van der Waals surface area contributed by atoms with E-state index >= 15 is 0 Å². The zero-order valence-corrected chi connectivity index (χ0v) is 16.8. The number of nitriles is 1. The van der Waals surface area contributed by atoms with Crippen LogP contribution in [-0.2, 0) is 10.2 Å². The number of halogens is 1. The van der Waals surface area contributed by atoms with Crippen LogP contribution in [0.2, 0.25) is 0 Å². The number of H-pyrrole nitrogens is 1. The van der Waals surface area contributed by atoms with Gasteiger partial charge in [-0.25, -0.2) is 14.4 Å². The molecule has 0 radical (unpaired) electrons. The number of nitrogens with one attached hydrogen (secondary N) is 2. The molecule has 3 aromatic rings. The molecule has 1 atom stereocenters. The van der Waals surface area contributed by atoms with Crippen molar-refractivity contribution in [1.29, 1.82) is 5.26 Å². The van der Waals surface area contributed by atoms with Crippen LogP contribution in [0.4, 0.5) is 4.39 Å². The average molecular weight is 405 g/mol. The molecule has 1 amide bonds. The third-order valence-electron chi connectivity index (χ3n) is 5.82. The predicted molar refractivity (Wildman–Crippen MR) is 108 cm³/mol. The molecule has 0 unspecified atom stereocenters. The highest BCUT2D eigenvalue weighted by Crippen LogP contribution is 2.49. The van der Waals surface area contributed by atoms with Gasteiger partial charge in [0.2, 0.25) is 5.91 Å². The van der Waals surface area contributed by atoms with Gasteiger partial charge in [0.05, 0.1) is 17.0 Å². The van der Waals surface area contributed by atoms with Gasteiger partial charge in [-0.2, -0.15) is 5.26 Å². The molecule has 4 rings (SSSR count). The van der Waals surface area contributed by atoms with Crippen molar-refractivity contribution in [1.82, 2.24) is 20.3 Å². The van der Waals surface area contributed by atoms with E-state index in [0.29, 0.717) is 51.8 Å². The Morgan fingerprint density at radius 3 is 2.53 bits per heavy atom. The van der Waals surface area contributed by atoms with Crippen molar-refractivity contribution in [2.45, 2.75) is 45.1 Å². The van der Waals surface area contributed by atoms with E-state index in [1.54, 1.807) is 26.8 Å². The maximum atomic E-state index is 14.1. The lowest BCUT2D eigenvalue weighted by Gasteiger charge is -2.21. The van der Waals surface area contributed by atoms with Crippen molar-refractivity contribution >= 4 is 16.8 Å². The summed E-state index contributed by atoms with van der Waals surface area (Å²) in [6.07, 6.45) is 3.86. The molecule has 0 aliphatic heterocycles. The summed E-state index contributed by atoms with van der Waals surface area (Å²) >= 11 is 0. The van der Waals surface area contributed by atoms with Crippen molar-refractivity contribution in [2.75, 3.05) is 0 Å². The summed E-state index contributed by atoms with van der Waals surface area (Å²) in [5.41, 5.74) is 1.05. The Morgan fingerprint density at radius 2 is 1.93 bits per heavy atom. The molecule has 8 heteroatoms. The van der Waals surface area contributed by atoms with E-state index in [-0.39, 0.29) is 17.3 Å². The summed E-state index contributed by atoms with van der Waals surface area (Å²) in [6, 6.07) is 4.32. The first-order valence-corrected chi connectivity index (χ1v) is 9.63. The number of nitrogens with zero attached hydrogens (tertiary/aromatic N) is 3. The van der Waals surface area contributed by atoms with Gasteiger partial charge in [0.1, 0.15) is 17.7 Å². The zero-order valence-electron chi connectivity index (χ0n) is 16.8. The number of aryl methyl sites for hydroxylation is 2. The van der Waals surface area contributed by atoms with E-state index in [0.717, 1.165) is 0 Å². The second-order valence-corrected chi connectivity index (χ2v) is 7.77. The smallest absolute Gasteiger partial charge is 0.252 e. The van der Waals surface area contributed by atoms with Crippen LogP contribution >= 0.6 is 0 Å². The fourth-order valence-electron chi connectivity index (χ4n) is 4.06. The fourth-order valence-corrected chi connectivity index (χ4v) is 4.06. The fraction of sp³-hybridized carbons (Fsp3) is 0.318. The molecule has 1 aromatic carbocycles. The molecule has 0 bridgehead atoms. The van der Waals surface area contributed by atoms with Crippen LogP contribution < -0.4 is 10.9 Å². The van der Waals surface area contributed by atoms with Crippen molar-refractivity contribution in [2.24, 2.45) is 0 Å². The van der Waals surface area contributed by atoms with Crippen LogP contribution in [0, 0.1) is 31.0 Å². The van der Waals surface area contributed by atoms with E-state index in [1.807, 2.05) is 6.07 Å². The molecule has 2 heterocycles. The third-order valence-corrected chi connectivity index (χ3v) is 5.82. The number of fused-ring (bicyclic) bond motifs is 1. The van der Waals surface area contributed by atoms with E-state index in [2.05, 4.69) is 20.3 Å². The SMILES string of the molecule is Cc1c(F)ccc2[nH]c(=O)c(C3(C(=O)N[C@H](C)c4ncc(C#N)cn4)CC3)c(C)c12. The van der Waals surface area contributed by atoms with E-state index < -0.39 is 11.5 Å². The van der Waals surface area contributed by atoms with Gasteiger partial charge in [-0.3, -0.25) is 9.59 Å². The third kappa shape index (κ3) is 3.03. The lowest BCUT2D eigenvalue weighted by atomic mass is 9.89. The minimum absolute atomic E-state index is 0.287. The standard InChI is InChI=1S/C22H20FN5O2/c1-11-15(23)4-5-16-17(11)12(2)18(20(29)28-16)22(6-7-22)21(30)27-13(3)19-25-9-14(8-24)10-26-19/h4-5,9-10,13H,6-7H2,1-3H3,(H,27,30)(H,28,29)/t13-/m1/s1. The van der Waals surface area contributed by atoms with Crippen molar-refractivity contribution in [3.8, 4) is 6.07 Å². The molecule has 152 valence electrons. The largest absolute Gasteiger partial charge is 0.346 e. The van der Waals surface area contributed by atoms with Gasteiger partial charge in [0.25, 0.3) is 5.56 Å². The lowest BCUT2D eigenvalue weighted by molar-refractivity contribution is -0.124. The Kier molecular flexibility index (Phi) is 4.61. The Hall–Kier alpha value is -3.60. The molecule has 0 spiro atoms. The summed E-state index contributed by atoms with van der Waals surface area (Å²) in [5.74, 6) is -0.269. The number of pyridine rings is 1. The molecule has 1 aliphatic carbocycles. The predicted octanol–water partition coefficient (Wildman–Crippen LogP) is 2.85. The number of aromatic amines is 1. The zero-order chi connectivity index (χ0) is 21.6. The maximum Gasteiger partial charge on any atom is 0.252 e. The molecule has 1 saturated carbocycles. The second-order valence-electron chi connectivity index (χ2n) is 7.77. The number of hydrogen-bond acceptors (Lipinski definition) is 5. The highest BCUT2D eigenvalue weighted by Gasteiger charge is 2.54. The molecule has 1 fully saturated rings. The minimum atomic E-state index is -0.953. The average Bonchev–Trinajstić information content (AvgIpc) is 3.52. The van der Waals surface area contributed by atoms with Gasteiger partial charge in [-0.05, 0) is 56.9 Å². The summed E-state index contributed by atoms with van der Waals surface area (Å²) in [5, 5.41) is 12.4. The van der Waals surface area contributed by atoms with Gasteiger partial charge < -0.3 is 10.3 Å². The first-order valence-electron chi connectivity index (χ1n) is 9.63. The number of rotatable bonds is 4. The lowest BCUT2D eigenvalue weighted by Crippen LogP contribution is -2.40. The van der Waals surface area contributed by atoms with Crippen LogP contribution in [-0.4, -0.2) is 20.9 Å². The van der Waals surface area contributed by atoms with Crippen LogP contribution in [0.5, 0.6) is 0 Å². The molecule has 2 N–H and O–H groups in total. The van der Waals surface area contributed by atoms with E-state index in [1.165, 1.54) is 18.5 Å². The monoisotopic (exact) mass is 405 g/mol. The normalized spacial score (nSPS) is 15.4. The molecular weight excluding hydrogens is 385 g/mol. The topological polar surface area (TPSA) is 112 Å². The van der Waals surface area contributed by atoms with Crippen LogP contribution in [0.3, 0.4) is 0 Å². The summed E-state index contributed by atoms with van der Waals surface area (Å²) in [6.45, 7) is 5.17. The number of benzene rings is 1. The van der Waals surface area contributed by atoms with Gasteiger partial charge >= 0.3 is 0 Å². The van der Waals surface area contributed by atoms with Crippen molar-refractivity contribution < 1.29 is 9.18 Å². The van der Waals surface area contributed by atoms with E-state index in [9.17, 15) is 14.0 Å². The summed E-state index contributed by atoms with van der Waals surface area (Å²) in [4.78, 5) is 37.1. The van der Waals surface area contributed by atoms with Crippen LogP contribution in [0.25, 0.3) is 10.9 Å².